The minimum absolute atomic E-state index is 0.000142. The van der Waals surface area contributed by atoms with Crippen molar-refractivity contribution in [2.45, 2.75) is 76.2 Å². The summed E-state index contributed by atoms with van der Waals surface area (Å²) >= 11 is 0. The van der Waals surface area contributed by atoms with Gasteiger partial charge in [-0.25, -0.2) is 4.79 Å². The first kappa shape index (κ1) is 35.4. The molecule has 1 aromatic rings. The molecule has 1 aromatic carbocycles. The van der Waals surface area contributed by atoms with Crippen LogP contribution >= 0.6 is 0 Å². The fourth-order valence-corrected chi connectivity index (χ4v) is 4.03. The summed E-state index contributed by atoms with van der Waals surface area (Å²) in [5.41, 5.74) is 23.3. The van der Waals surface area contributed by atoms with Crippen LogP contribution < -0.4 is 44.2 Å². The van der Waals surface area contributed by atoms with Gasteiger partial charge in [-0.1, -0.05) is 44.2 Å². The molecule has 0 aliphatic carbocycles. The van der Waals surface area contributed by atoms with E-state index in [1.54, 1.807) is 24.3 Å². The van der Waals surface area contributed by atoms with Gasteiger partial charge in [0.1, 0.15) is 24.2 Å². The second-order valence-electron chi connectivity index (χ2n) is 10.2. The molecule has 0 aliphatic heterocycles. The normalized spacial score (nSPS) is 14.7. The van der Waals surface area contributed by atoms with Gasteiger partial charge in [-0.2, -0.15) is 0 Å². The number of hydrogen-bond acceptors (Lipinski definition) is 9. The standard InChI is InChI=1S/C27H46N8O6/c1-16(2)14-21(25(38)32-19(9-12-29)24(37)33-20(10-13-30)27(40)41)35-26(39)22(15-17-6-4-3-5-7-17)34-23(36)18(31)8-11-28/h3-7,16,18-22H,8-15,28-31H2,1-2H3,(H,32,38)(H,33,37)(H,34,36)(H,35,39)(H,40,41)/t18-,19-,20-,21-,22+/m0/s1. The fourth-order valence-electron chi connectivity index (χ4n) is 4.03. The Kier molecular flexibility index (Phi) is 16.2. The summed E-state index contributed by atoms with van der Waals surface area (Å²) in [6.07, 6.45) is 0.612. The van der Waals surface area contributed by atoms with Crippen LogP contribution in [-0.2, 0) is 30.4 Å². The Labute approximate surface area is 240 Å². The molecule has 14 nitrogen and oxygen atoms in total. The van der Waals surface area contributed by atoms with Gasteiger partial charge < -0.3 is 49.3 Å². The lowest BCUT2D eigenvalue weighted by molar-refractivity contribution is -0.142. The van der Waals surface area contributed by atoms with Crippen LogP contribution in [0.2, 0.25) is 0 Å². The molecule has 41 heavy (non-hydrogen) atoms. The van der Waals surface area contributed by atoms with Gasteiger partial charge in [0.25, 0.3) is 0 Å². The average Bonchev–Trinajstić information content (AvgIpc) is 2.91. The van der Waals surface area contributed by atoms with Gasteiger partial charge >= 0.3 is 5.97 Å². The van der Waals surface area contributed by atoms with Crippen LogP contribution in [0, 0.1) is 5.92 Å². The zero-order chi connectivity index (χ0) is 30.9. The number of aliphatic carboxylic acids is 1. The Hall–Kier alpha value is -3.59. The predicted molar refractivity (Wildman–Crippen MR) is 154 cm³/mol. The van der Waals surface area contributed by atoms with Crippen molar-refractivity contribution in [3.63, 3.8) is 0 Å². The van der Waals surface area contributed by atoms with Crippen molar-refractivity contribution in [3.8, 4) is 0 Å². The van der Waals surface area contributed by atoms with E-state index < -0.39 is 59.8 Å². The first-order valence-electron chi connectivity index (χ1n) is 13.8. The Morgan fingerprint density at radius 3 is 1.68 bits per heavy atom. The molecular formula is C27H46N8O6. The Bertz CT molecular complexity index is 993. The first-order chi connectivity index (χ1) is 19.4. The maximum Gasteiger partial charge on any atom is 0.326 e. The molecule has 0 fully saturated rings. The van der Waals surface area contributed by atoms with Crippen molar-refractivity contribution in [2.75, 3.05) is 19.6 Å². The number of carboxylic acid groups (broad SMARTS) is 1. The largest absolute Gasteiger partial charge is 0.480 e. The van der Waals surface area contributed by atoms with Gasteiger partial charge in [0, 0.05) is 6.42 Å². The number of nitrogens with two attached hydrogens (primary N) is 4. The number of benzene rings is 1. The van der Waals surface area contributed by atoms with E-state index in [1.165, 1.54) is 0 Å². The zero-order valence-corrected chi connectivity index (χ0v) is 23.8. The quantitative estimate of drug-likeness (QED) is 0.0845. The van der Waals surface area contributed by atoms with Crippen LogP contribution in [-0.4, -0.2) is 84.5 Å². The number of nitrogens with one attached hydrogen (secondary N) is 4. The van der Waals surface area contributed by atoms with Crippen LogP contribution in [0.4, 0.5) is 0 Å². The number of hydrogen-bond donors (Lipinski definition) is 9. The first-order valence-corrected chi connectivity index (χ1v) is 13.8. The van der Waals surface area contributed by atoms with Gasteiger partial charge in [-0.15, -0.1) is 0 Å². The predicted octanol–water partition coefficient (Wildman–Crippen LogP) is -2.33. The van der Waals surface area contributed by atoms with Gasteiger partial charge in [-0.3, -0.25) is 19.2 Å². The van der Waals surface area contributed by atoms with Crippen molar-refractivity contribution in [2.24, 2.45) is 28.9 Å². The summed E-state index contributed by atoms with van der Waals surface area (Å²) in [4.78, 5) is 63.7. The highest BCUT2D eigenvalue weighted by molar-refractivity contribution is 5.95. The lowest BCUT2D eigenvalue weighted by atomic mass is 10.00. The molecule has 13 N–H and O–H groups in total. The molecule has 4 amide bonds. The van der Waals surface area contributed by atoms with Gasteiger partial charge in [0.05, 0.1) is 6.04 Å². The molecule has 0 radical (unpaired) electrons. The average molecular weight is 579 g/mol. The smallest absolute Gasteiger partial charge is 0.326 e. The van der Waals surface area contributed by atoms with E-state index in [0.717, 1.165) is 5.56 Å². The van der Waals surface area contributed by atoms with E-state index in [0.29, 0.717) is 0 Å². The summed E-state index contributed by atoms with van der Waals surface area (Å²) in [7, 11) is 0. The number of carboxylic acids is 1. The fraction of sp³-hybridized carbons (Fsp3) is 0.593. The molecule has 0 spiro atoms. The maximum atomic E-state index is 13.4. The van der Waals surface area contributed by atoms with Crippen molar-refractivity contribution in [3.05, 3.63) is 35.9 Å². The van der Waals surface area contributed by atoms with Crippen LogP contribution in [0.5, 0.6) is 0 Å². The summed E-state index contributed by atoms with van der Waals surface area (Å²) in [5, 5.41) is 19.7. The molecule has 5 atom stereocenters. The summed E-state index contributed by atoms with van der Waals surface area (Å²) in [6.45, 7) is 3.97. The third-order valence-corrected chi connectivity index (χ3v) is 6.23. The van der Waals surface area contributed by atoms with E-state index in [1.807, 2.05) is 19.9 Å². The summed E-state index contributed by atoms with van der Waals surface area (Å²) in [6, 6.07) is 3.61. The molecule has 14 heteroatoms. The van der Waals surface area contributed by atoms with Crippen molar-refractivity contribution in [1.82, 2.24) is 21.3 Å². The summed E-state index contributed by atoms with van der Waals surface area (Å²) in [5.74, 6) is -3.85. The molecule has 0 unspecified atom stereocenters. The molecule has 0 bridgehead atoms. The second kappa shape index (κ2) is 18.7. The van der Waals surface area contributed by atoms with Crippen LogP contribution in [0.1, 0.15) is 45.1 Å². The molecule has 1 rings (SSSR count). The molecule has 230 valence electrons. The van der Waals surface area contributed by atoms with E-state index in [2.05, 4.69) is 21.3 Å². The highest BCUT2D eigenvalue weighted by Crippen LogP contribution is 2.09. The molecule has 0 saturated heterocycles. The van der Waals surface area contributed by atoms with Crippen LogP contribution in [0.15, 0.2) is 30.3 Å². The Balaban J connectivity index is 3.13. The van der Waals surface area contributed by atoms with Crippen molar-refractivity contribution < 1.29 is 29.1 Å². The van der Waals surface area contributed by atoms with Gasteiger partial charge in [-0.05, 0) is 56.8 Å². The lowest BCUT2D eigenvalue weighted by Gasteiger charge is -2.27. The minimum Gasteiger partial charge on any atom is -0.480 e. The molecule has 0 saturated carbocycles. The number of amides is 4. The topological polar surface area (TPSA) is 258 Å². The Morgan fingerprint density at radius 2 is 1.15 bits per heavy atom. The monoisotopic (exact) mass is 578 g/mol. The van der Waals surface area contributed by atoms with Crippen molar-refractivity contribution >= 4 is 29.6 Å². The summed E-state index contributed by atoms with van der Waals surface area (Å²) < 4.78 is 0. The number of carbonyl (C=O) groups is 5. The van der Waals surface area contributed by atoms with Crippen molar-refractivity contribution in [1.29, 1.82) is 0 Å². The lowest BCUT2D eigenvalue weighted by Crippen LogP contribution is -2.59. The molecule has 0 aromatic heterocycles. The van der Waals surface area contributed by atoms with Gasteiger partial charge in [0.15, 0.2) is 0 Å². The molecule has 0 heterocycles. The van der Waals surface area contributed by atoms with E-state index in [4.69, 9.17) is 22.9 Å². The highest BCUT2D eigenvalue weighted by atomic mass is 16.4. The van der Waals surface area contributed by atoms with E-state index >= 15 is 0 Å². The van der Waals surface area contributed by atoms with Crippen LogP contribution in [0.25, 0.3) is 0 Å². The molecular weight excluding hydrogens is 532 g/mol. The number of rotatable bonds is 19. The van der Waals surface area contributed by atoms with E-state index in [9.17, 15) is 29.1 Å². The zero-order valence-electron chi connectivity index (χ0n) is 23.8. The number of carbonyl (C=O) groups excluding carboxylic acids is 4. The highest BCUT2D eigenvalue weighted by Gasteiger charge is 2.32. The minimum atomic E-state index is -1.26. The third-order valence-electron chi connectivity index (χ3n) is 6.23. The molecule has 0 aliphatic rings. The second-order valence-corrected chi connectivity index (χ2v) is 10.2. The van der Waals surface area contributed by atoms with Crippen LogP contribution in [0.3, 0.4) is 0 Å². The Morgan fingerprint density at radius 1 is 0.683 bits per heavy atom. The maximum absolute atomic E-state index is 13.4. The van der Waals surface area contributed by atoms with E-state index in [-0.39, 0.29) is 57.7 Å². The third kappa shape index (κ3) is 13.1. The van der Waals surface area contributed by atoms with Gasteiger partial charge in [0.2, 0.25) is 23.6 Å². The SMILES string of the molecule is CC(C)C[C@H](NC(=O)[C@@H](Cc1ccccc1)NC(=O)[C@@H](N)CCN)C(=O)N[C@@H](CCN)C(=O)N[C@@H](CCN)C(=O)O.